The van der Waals surface area contributed by atoms with E-state index in [1.165, 1.54) is 0 Å². The van der Waals surface area contributed by atoms with Gasteiger partial charge in [0.05, 0.1) is 17.8 Å². The zero-order valence-corrected chi connectivity index (χ0v) is 18.2. The summed E-state index contributed by atoms with van der Waals surface area (Å²) in [5.41, 5.74) is 4.47. The summed E-state index contributed by atoms with van der Waals surface area (Å²) in [5, 5.41) is 12.4. The number of phenols is 1. The lowest BCUT2D eigenvalue weighted by molar-refractivity contribution is -0.115. The Morgan fingerprint density at radius 3 is 2.61 bits per heavy atom. The molecule has 2 unspecified atom stereocenters. The number of amides is 1. The molecule has 2 atom stereocenters. The van der Waals surface area contributed by atoms with Gasteiger partial charge in [0.25, 0.3) is 0 Å². The highest BCUT2D eigenvalue weighted by molar-refractivity contribution is 5.93. The first-order chi connectivity index (χ1) is 16.2. The van der Waals surface area contributed by atoms with Crippen LogP contribution in [0, 0.1) is 5.92 Å². The van der Waals surface area contributed by atoms with Crippen LogP contribution >= 0.6 is 0 Å². The number of rotatable bonds is 5. The normalized spacial score (nSPS) is 18.7. The maximum atomic E-state index is 12.8. The summed E-state index contributed by atoms with van der Waals surface area (Å²) in [6.07, 6.45) is 14.6. The molecule has 0 saturated heterocycles. The fraction of sp³-hybridized carbons (Fsp3) is 0.179. The molecule has 0 bridgehead atoms. The molecular formula is C28H25N3O2. The van der Waals surface area contributed by atoms with Crippen molar-refractivity contribution in [2.45, 2.75) is 25.2 Å². The number of benzene rings is 2. The molecule has 2 aliphatic carbocycles. The summed E-state index contributed by atoms with van der Waals surface area (Å²) in [5.74, 6) is 1.16. The molecule has 2 N–H and O–H groups in total. The highest BCUT2D eigenvalue weighted by atomic mass is 16.3. The number of nitrogens with one attached hydrogen (secondary N) is 1. The second-order valence-electron chi connectivity index (χ2n) is 8.42. The van der Waals surface area contributed by atoms with Gasteiger partial charge in [0.1, 0.15) is 11.4 Å². The predicted octanol–water partition coefficient (Wildman–Crippen LogP) is 5.31. The quantitative estimate of drug-likeness (QED) is 0.570. The van der Waals surface area contributed by atoms with Crippen molar-refractivity contribution in [1.29, 1.82) is 0 Å². The Morgan fingerprint density at radius 1 is 1.00 bits per heavy atom. The molecule has 5 rings (SSSR count). The second kappa shape index (κ2) is 9.25. The first kappa shape index (κ1) is 20.9. The lowest BCUT2D eigenvalue weighted by Crippen LogP contribution is -2.24. The number of hydrogen-bond acceptors (Lipinski definition) is 4. The molecule has 164 valence electrons. The summed E-state index contributed by atoms with van der Waals surface area (Å²) < 4.78 is 0. The number of carbonyl (C=O) groups excluding carboxylic acids is 1. The van der Waals surface area contributed by atoms with Crippen molar-refractivity contribution < 1.29 is 9.90 Å². The number of allylic oxidation sites excluding steroid dienone is 4. The number of phenolic OH excluding ortho intramolecular Hbond substituents is 1. The van der Waals surface area contributed by atoms with Crippen molar-refractivity contribution in [2.24, 2.45) is 5.92 Å². The zero-order valence-electron chi connectivity index (χ0n) is 18.2. The van der Waals surface area contributed by atoms with Crippen molar-refractivity contribution in [1.82, 2.24) is 9.97 Å². The fourth-order valence-electron chi connectivity index (χ4n) is 4.40. The zero-order chi connectivity index (χ0) is 22.6. The molecule has 2 aliphatic rings. The van der Waals surface area contributed by atoms with Gasteiger partial charge < -0.3 is 10.4 Å². The fourth-order valence-corrected chi connectivity index (χ4v) is 4.40. The molecule has 1 aromatic heterocycles. The molecule has 0 saturated carbocycles. The summed E-state index contributed by atoms with van der Waals surface area (Å²) in [6.45, 7) is 0. The molecule has 1 amide bonds. The summed E-state index contributed by atoms with van der Waals surface area (Å²) >= 11 is 0. The summed E-state index contributed by atoms with van der Waals surface area (Å²) in [7, 11) is 0. The number of aromatic nitrogens is 2. The van der Waals surface area contributed by atoms with Crippen LogP contribution in [0.5, 0.6) is 5.75 Å². The lowest BCUT2D eigenvalue weighted by atomic mass is 9.77. The van der Waals surface area contributed by atoms with Gasteiger partial charge in [-0.15, -0.1) is 0 Å². The second-order valence-corrected chi connectivity index (χ2v) is 8.42. The largest absolute Gasteiger partial charge is 0.508 e. The minimum absolute atomic E-state index is 0.168. The minimum atomic E-state index is -0.168. The van der Waals surface area contributed by atoms with Crippen LogP contribution in [0.4, 0.5) is 5.82 Å². The van der Waals surface area contributed by atoms with Crippen LogP contribution < -0.4 is 5.32 Å². The average molecular weight is 436 g/mol. The van der Waals surface area contributed by atoms with E-state index in [-0.39, 0.29) is 24.0 Å². The van der Waals surface area contributed by atoms with E-state index in [0.29, 0.717) is 17.4 Å². The van der Waals surface area contributed by atoms with Crippen LogP contribution in [-0.2, 0) is 17.6 Å². The third kappa shape index (κ3) is 4.77. The van der Waals surface area contributed by atoms with E-state index in [1.54, 1.807) is 24.3 Å². The van der Waals surface area contributed by atoms with Crippen LogP contribution in [0.2, 0.25) is 0 Å². The van der Waals surface area contributed by atoms with E-state index in [4.69, 9.17) is 9.97 Å². The molecular weight excluding hydrogens is 410 g/mol. The molecule has 0 radical (unpaired) electrons. The Bertz CT molecular complexity index is 1240. The Kier molecular flexibility index (Phi) is 5.85. The number of aromatic hydroxyl groups is 1. The molecule has 0 spiro atoms. The van der Waals surface area contributed by atoms with Crippen molar-refractivity contribution in [2.75, 3.05) is 5.32 Å². The molecule has 2 aromatic carbocycles. The van der Waals surface area contributed by atoms with Crippen molar-refractivity contribution in [3.05, 3.63) is 107 Å². The molecule has 33 heavy (non-hydrogen) atoms. The smallest absolute Gasteiger partial charge is 0.230 e. The first-order valence-corrected chi connectivity index (χ1v) is 11.2. The third-order valence-corrected chi connectivity index (χ3v) is 6.10. The van der Waals surface area contributed by atoms with Gasteiger partial charge in [0.15, 0.2) is 5.82 Å². The van der Waals surface area contributed by atoms with E-state index in [9.17, 15) is 9.90 Å². The van der Waals surface area contributed by atoms with Crippen molar-refractivity contribution in [3.8, 4) is 5.75 Å². The van der Waals surface area contributed by atoms with Gasteiger partial charge in [0.2, 0.25) is 5.91 Å². The number of fused-ring (bicyclic) bond motifs is 3. The monoisotopic (exact) mass is 435 g/mol. The molecule has 5 heteroatoms. The number of nitrogens with zero attached hydrogens (tertiary/aromatic N) is 2. The standard InChI is InChI=1S/C28H25N3O2/c32-22-14-10-20(11-15-22)18-26(33)31-28-25(16-12-19-6-2-1-3-7-19)29-27-23-9-5-4-8-21(23)13-17-24(27)30-28/h1-12,14-16,21,23,32H,13,17-18H2,(H,30,31,33)/b16-12+. The maximum Gasteiger partial charge on any atom is 0.230 e. The Morgan fingerprint density at radius 2 is 1.79 bits per heavy atom. The first-order valence-electron chi connectivity index (χ1n) is 11.2. The predicted molar refractivity (Wildman–Crippen MR) is 131 cm³/mol. The molecule has 5 nitrogen and oxygen atoms in total. The number of hydrogen-bond donors (Lipinski definition) is 2. The van der Waals surface area contributed by atoms with Crippen LogP contribution in [-0.4, -0.2) is 21.0 Å². The van der Waals surface area contributed by atoms with E-state index >= 15 is 0 Å². The van der Waals surface area contributed by atoms with Gasteiger partial charge in [-0.1, -0.05) is 72.8 Å². The summed E-state index contributed by atoms with van der Waals surface area (Å²) in [6, 6.07) is 16.7. The van der Waals surface area contributed by atoms with Gasteiger partial charge in [-0.3, -0.25) is 4.79 Å². The van der Waals surface area contributed by atoms with Gasteiger partial charge in [-0.05, 0) is 48.1 Å². The number of anilines is 1. The number of aryl methyl sites for hydroxylation is 1. The molecule has 0 fully saturated rings. The van der Waals surface area contributed by atoms with Gasteiger partial charge >= 0.3 is 0 Å². The van der Waals surface area contributed by atoms with Crippen LogP contribution in [0.15, 0.2) is 78.9 Å². The van der Waals surface area contributed by atoms with E-state index in [1.807, 2.05) is 42.5 Å². The number of carbonyl (C=O) groups is 1. The average Bonchev–Trinajstić information content (AvgIpc) is 2.84. The molecule has 0 aliphatic heterocycles. The Balaban J connectivity index is 1.46. The van der Waals surface area contributed by atoms with E-state index in [0.717, 1.165) is 35.4 Å². The molecule has 1 heterocycles. The minimum Gasteiger partial charge on any atom is -0.508 e. The van der Waals surface area contributed by atoms with E-state index in [2.05, 4.69) is 29.6 Å². The summed E-state index contributed by atoms with van der Waals surface area (Å²) in [4.78, 5) is 22.7. The van der Waals surface area contributed by atoms with Crippen molar-refractivity contribution >= 4 is 23.9 Å². The van der Waals surface area contributed by atoms with Gasteiger partial charge in [-0.2, -0.15) is 0 Å². The van der Waals surface area contributed by atoms with Gasteiger partial charge in [-0.25, -0.2) is 9.97 Å². The Labute approximate surface area is 193 Å². The Hall–Kier alpha value is -3.99. The van der Waals surface area contributed by atoms with Crippen LogP contribution in [0.3, 0.4) is 0 Å². The van der Waals surface area contributed by atoms with Crippen LogP contribution in [0.1, 0.15) is 40.5 Å². The molecule has 3 aromatic rings. The van der Waals surface area contributed by atoms with Crippen LogP contribution in [0.25, 0.3) is 12.2 Å². The van der Waals surface area contributed by atoms with Crippen molar-refractivity contribution in [3.63, 3.8) is 0 Å². The SMILES string of the molecule is O=C(Cc1ccc(O)cc1)Nc1nc2c(nc1/C=C/c1ccccc1)C1C=CC=CC1CC2. The van der Waals surface area contributed by atoms with E-state index < -0.39 is 0 Å². The van der Waals surface area contributed by atoms with Gasteiger partial charge in [0, 0.05) is 5.92 Å². The highest BCUT2D eigenvalue weighted by Gasteiger charge is 2.30. The topological polar surface area (TPSA) is 75.1 Å². The lowest BCUT2D eigenvalue weighted by Gasteiger charge is -2.30. The third-order valence-electron chi connectivity index (χ3n) is 6.10. The maximum absolute atomic E-state index is 12.8. The highest BCUT2D eigenvalue weighted by Crippen LogP contribution is 2.39.